The van der Waals surface area contributed by atoms with Crippen LogP contribution in [0.3, 0.4) is 0 Å². The summed E-state index contributed by atoms with van der Waals surface area (Å²) in [6, 6.07) is 5.49. The molecule has 0 spiro atoms. The van der Waals surface area contributed by atoms with E-state index in [4.69, 9.17) is 4.74 Å². The van der Waals surface area contributed by atoms with E-state index in [0.717, 1.165) is 23.8 Å². The Kier molecular flexibility index (Phi) is 4.75. The number of thiazole rings is 1. The average molecular weight is 372 g/mol. The molecule has 26 heavy (non-hydrogen) atoms. The first-order valence-corrected chi connectivity index (χ1v) is 9.62. The highest BCUT2D eigenvalue weighted by atomic mass is 32.1. The van der Waals surface area contributed by atoms with E-state index in [9.17, 15) is 9.59 Å². The fourth-order valence-electron chi connectivity index (χ4n) is 3.17. The maximum Gasteiger partial charge on any atom is 0.271 e. The molecule has 0 radical (unpaired) electrons. The fourth-order valence-corrected chi connectivity index (χ4v) is 4.03. The Morgan fingerprint density at radius 3 is 3.00 bits per heavy atom. The van der Waals surface area contributed by atoms with E-state index in [2.05, 4.69) is 20.5 Å². The van der Waals surface area contributed by atoms with E-state index in [-0.39, 0.29) is 18.4 Å². The zero-order valence-electron chi connectivity index (χ0n) is 14.3. The smallest absolute Gasteiger partial charge is 0.271 e. The number of benzene rings is 1. The summed E-state index contributed by atoms with van der Waals surface area (Å²) >= 11 is 1.51. The van der Waals surface area contributed by atoms with Crippen molar-refractivity contribution in [2.45, 2.75) is 25.8 Å². The van der Waals surface area contributed by atoms with Gasteiger partial charge in [0, 0.05) is 25.0 Å². The molecule has 2 aromatic rings. The minimum absolute atomic E-state index is 0.0148. The minimum atomic E-state index is -0.217. The molecule has 0 saturated carbocycles. The number of carbonyl (C=O) groups is 2. The van der Waals surface area contributed by atoms with Gasteiger partial charge < -0.3 is 20.3 Å². The molecule has 1 saturated heterocycles. The largest absolute Gasteiger partial charge is 0.482 e. The van der Waals surface area contributed by atoms with Crippen molar-refractivity contribution in [2.75, 3.05) is 29.9 Å². The SMILES string of the molecule is O=C1COc2cccc(CNC(=O)c3csc(N4CCCCC4)n3)c2N1. The molecular weight excluding hydrogens is 352 g/mol. The van der Waals surface area contributed by atoms with E-state index in [1.54, 1.807) is 11.4 Å². The predicted octanol–water partition coefficient (Wildman–Crippen LogP) is 2.39. The number of piperidine rings is 1. The molecule has 2 aliphatic heterocycles. The lowest BCUT2D eigenvalue weighted by Gasteiger charge is -2.25. The van der Waals surface area contributed by atoms with Crippen molar-refractivity contribution in [2.24, 2.45) is 0 Å². The minimum Gasteiger partial charge on any atom is -0.482 e. The van der Waals surface area contributed by atoms with E-state index in [1.807, 2.05) is 12.1 Å². The summed E-state index contributed by atoms with van der Waals surface area (Å²) in [4.78, 5) is 30.7. The standard InChI is InChI=1S/C18H20N4O3S/c23-15-10-25-14-6-4-5-12(16(14)21-15)9-19-17(24)13-11-26-18(20-13)22-7-2-1-3-8-22/h4-6,11H,1-3,7-10H2,(H,19,24)(H,21,23). The van der Waals surface area contributed by atoms with Crippen LogP contribution in [0.2, 0.25) is 0 Å². The van der Waals surface area contributed by atoms with Gasteiger partial charge in [-0.1, -0.05) is 12.1 Å². The molecule has 1 fully saturated rings. The fraction of sp³-hybridized carbons (Fsp3) is 0.389. The molecule has 1 aromatic carbocycles. The Bertz CT molecular complexity index is 830. The highest BCUT2D eigenvalue weighted by molar-refractivity contribution is 7.13. The number of nitrogens with one attached hydrogen (secondary N) is 2. The Hall–Kier alpha value is -2.61. The summed E-state index contributed by atoms with van der Waals surface area (Å²) in [7, 11) is 0. The highest BCUT2D eigenvalue weighted by Crippen LogP contribution is 2.31. The molecule has 0 unspecified atom stereocenters. The molecule has 2 aliphatic rings. The first-order chi connectivity index (χ1) is 12.7. The number of anilines is 2. The van der Waals surface area contributed by atoms with Gasteiger partial charge in [-0.3, -0.25) is 9.59 Å². The zero-order valence-corrected chi connectivity index (χ0v) is 15.1. The van der Waals surface area contributed by atoms with Crippen LogP contribution >= 0.6 is 11.3 Å². The van der Waals surface area contributed by atoms with Gasteiger partial charge in [0.15, 0.2) is 11.7 Å². The Morgan fingerprint density at radius 2 is 2.15 bits per heavy atom. The van der Waals surface area contributed by atoms with Crippen LogP contribution in [0.15, 0.2) is 23.6 Å². The third kappa shape index (κ3) is 3.50. The number of rotatable bonds is 4. The van der Waals surface area contributed by atoms with Crippen LogP contribution in [-0.2, 0) is 11.3 Å². The van der Waals surface area contributed by atoms with Crippen LogP contribution in [-0.4, -0.2) is 36.5 Å². The van der Waals surface area contributed by atoms with Gasteiger partial charge in [-0.25, -0.2) is 4.98 Å². The molecule has 4 rings (SSSR count). The lowest BCUT2D eigenvalue weighted by molar-refractivity contribution is -0.118. The Balaban J connectivity index is 1.42. The van der Waals surface area contributed by atoms with Gasteiger partial charge in [0.05, 0.1) is 5.69 Å². The number of amides is 2. The maximum atomic E-state index is 12.4. The molecule has 3 heterocycles. The van der Waals surface area contributed by atoms with Crippen LogP contribution in [0, 0.1) is 0 Å². The van der Waals surface area contributed by atoms with Gasteiger partial charge in [0.1, 0.15) is 11.4 Å². The van der Waals surface area contributed by atoms with E-state index in [1.165, 1.54) is 30.6 Å². The third-order valence-electron chi connectivity index (χ3n) is 4.53. The van der Waals surface area contributed by atoms with Gasteiger partial charge in [-0.2, -0.15) is 0 Å². The number of para-hydroxylation sites is 1. The van der Waals surface area contributed by atoms with Crippen molar-refractivity contribution in [1.82, 2.24) is 10.3 Å². The Morgan fingerprint density at radius 1 is 1.31 bits per heavy atom. The Labute approximate surface area is 155 Å². The van der Waals surface area contributed by atoms with Crippen LogP contribution in [0.25, 0.3) is 0 Å². The van der Waals surface area contributed by atoms with Gasteiger partial charge in [-0.05, 0) is 30.9 Å². The van der Waals surface area contributed by atoms with Gasteiger partial charge in [0.25, 0.3) is 11.8 Å². The monoisotopic (exact) mass is 372 g/mol. The zero-order chi connectivity index (χ0) is 17.9. The molecule has 136 valence electrons. The first-order valence-electron chi connectivity index (χ1n) is 8.74. The summed E-state index contributed by atoms with van der Waals surface area (Å²) in [6.07, 6.45) is 3.61. The molecule has 0 aliphatic carbocycles. The second-order valence-corrected chi connectivity index (χ2v) is 7.21. The van der Waals surface area contributed by atoms with E-state index < -0.39 is 0 Å². The topological polar surface area (TPSA) is 83.6 Å². The summed E-state index contributed by atoms with van der Waals surface area (Å²) < 4.78 is 5.40. The highest BCUT2D eigenvalue weighted by Gasteiger charge is 2.20. The van der Waals surface area contributed by atoms with Crippen LogP contribution in [0.5, 0.6) is 5.75 Å². The van der Waals surface area contributed by atoms with Crippen LogP contribution < -0.4 is 20.3 Å². The number of ether oxygens (including phenoxy) is 1. The van der Waals surface area contributed by atoms with E-state index >= 15 is 0 Å². The maximum absolute atomic E-state index is 12.4. The number of carbonyl (C=O) groups excluding carboxylic acids is 2. The molecule has 7 nitrogen and oxygen atoms in total. The average Bonchev–Trinajstić information content (AvgIpc) is 3.17. The van der Waals surface area contributed by atoms with E-state index in [0.29, 0.717) is 23.7 Å². The molecule has 8 heteroatoms. The number of aromatic nitrogens is 1. The number of fused-ring (bicyclic) bond motifs is 1. The second-order valence-electron chi connectivity index (χ2n) is 6.37. The molecule has 1 aromatic heterocycles. The van der Waals surface area contributed by atoms with Gasteiger partial charge in [0.2, 0.25) is 0 Å². The lowest BCUT2D eigenvalue weighted by atomic mass is 10.1. The van der Waals surface area contributed by atoms with Crippen LogP contribution in [0.4, 0.5) is 10.8 Å². The lowest BCUT2D eigenvalue weighted by Crippen LogP contribution is -2.30. The summed E-state index contributed by atoms with van der Waals surface area (Å²) in [5.74, 6) is 0.213. The predicted molar refractivity (Wildman–Crippen MR) is 99.9 cm³/mol. The number of nitrogens with zero attached hydrogens (tertiary/aromatic N) is 2. The van der Waals surface area contributed by atoms with Crippen molar-refractivity contribution in [3.63, 3.8) is 0 Å². The quantitative estimate of drug-likeness (QED) is 0.861. The molecule has 2 N–H and O–H groups in total. The molecular formula is C18H20N4O3S. The normalized spacial score (nSPS) is 16.5. The number of hydrogen-bond acceptors (Lipinski definition) is 6. The van der Waals surface area contributed by atoms with Crippen molar-refractivity contribution >= 4 is 34.0 Å². The van der Waals surface area contributed by atoms with Crippen molar-refractivity contribution < 1.29 is 14.3 Å². The second kappa shape index (κ2) is 7.33. The molecule has 0 bridgehead atoms. The number of hydrogen-bond donors (Lipinski definition) is 2. The van der Waals surface area contributed by atoms with Crippen molar-refractivity contribution in [1.29, 1.82) is 0 Å². The van der Waals surface area contributed by atoms with Crippen molar-refractivity contribution in [3.05, 3.63) is 34.8 Å². The summed E-state index contributed by atoms with van der Waals surface area (Å²) in [5.41, 5.74) is 1.85. The summed E-state index contributed by atoms with van der Waals surface area (Å²) in [5, 5.41) is 8.39. The molecule has 2 amide bonds. The molecule has 0 atom stereocenters. The van der Waals surface area contributed by atoms with Gasteiger partial charge in [-0.15, -0.1) is 11.3 Å². The van der Waals surface area contributed by atoms with Crippen molar-refractivity contribution in [3.8, 4) is 5.75 Å². The van der Waals surface area contributed by atoms with Gasteiger partial charge >= 0.3 is 0 Å². The van der Waals surface area contributed by atoms with Crippen LogP contribution in [0.1, 0.15) is 35.3 Å². The first kappa shape index (κ1) is 16.8. The summed E-state index contributed by atoms with van der Waals surface area (Å²) in [6.45, 7) is 2.32. The third-order valence-corrected chi connectivity index (χ3v) is 5.43.